The van der Waals surface area contributed by atoms with E-state index in [1.54, 1.807) is 12.1 Å². The molecular weight excluding hydrogens is 252 g/mol. The number of hydrogen-bond donors (Lipinski definition) is 1. The maximum Gasteiger partial charge on any atom is 0.190 e. The number of rotatable bonds is 2. The molecule has 1 aliphatic rings. The summed E-state index contributed by atoms with van der Waals surface area (Å²) in [6.07, 6.45) is 1.00. The summed E-state index contributed by atoms with van der Waals surface area (Å²) in [7, 11) is 0. The molecule has 1 saturated heterocycles. The molecule has 0 spiro atoms. The topological polar surface area (TPSA) is 21.3 Å². The van der Waals surface area contributed by atoms with Crippen LogP contribution in [0, 0.1) is 5.82 Å². The molecule has 1 aliphatic heterocycles. The minimum absolute atomic E-state index is 0.228. The van der Waals surface area contributed by atoms with E-state index >= 15 is 0 Å². The van der Waals surface area contributed by atoms with Crippen LogP contribution in [0.15, 0.2) is 29.2 Å². The lowest BCUT2D eigenvalue weighted by Crippen LogP contribution is -2.19. The van der Waals surface area contributed by atoms with E-state index in [2.05, 4.69) is 5.09 Å². The highest BCUT2D eigenvalue weighted by molar-refractivity contribution is 8.68. The normalized spacial score (nSPS) is 26.5. The van der Waals surface area contributed by atoms with Gasteiger partial charge in [-0.2, -0.15) is 0 Å². The molecule has 1 fully saturated rings. The van der Waals surface area contributed by atoms with Crippen LogP contribution in [0.1, 0.15) is 6.42 Å². The van der Waals surface area contributed by atoms with Crippen LogP contribution < -0.4 is 5.09 Å². The van der Waals surface area contributed by atoms with Crippen molar-refractivity contribution in [1.29, 1.82) is 0 Å². The lowest BCUT2D eigenvalue weighted by molar-refractivity contribution is 0.324. The van der Waals surface area contributed by atoms with E-state index in [4.69, 9.17) is 16.3 Å². The van der Waals surface area contributed by atoms with Crippen molar-refractivity contribution in [2.45, 2.75) is 11.3 Å². The van der Waals surface area contributed by atoms with Gasteiger partial charge in [-0.15, -0.1) is 0 Å². The lowest BCUT2D eigenvalue weighted by Gasteiger charge is -2.26. The van der Waals surface area contributed by atoms with Gasteiger partial charge in [-0.05, 0) is 53.9 Å². The zero-order valence-corrected chi connectivity index (χ0v) is 10.5. The summed E-state index contributed by atoms with van der Waals surface area (Å²) in [6.45, 7) is 1.63. The van der Waals surface area contributed by atoms with E-state index in [0.717, 1.165) is 24.5 Å². The molecule has 1 unspecified atom stereocenters. The molecule has 0 aliphatic carbocycles. The highest BCUT2D eigenvalue weighted by Gasteiger charge is 2.22. The van der Waals surface area contributed by atoms with Crippen molar-refractivity contribution in [2.24, 2.45) is 0 Å². The molecule has 0 aromatic heterocycles. The largest absolute Gasteiger partial charge is 0.330 e. The monoisotopic (exact) mass is 263 g/mol. The van der Waals surface area contributed by atoms with Gasteiger partial charge in [0, 0.05) is 11.4 Å². The molecule has 1 atom stereocenters. The summed E-state index contributed by atoms with van der Waals surface area (Å²) in [4.78, 5) is 0.953. The standard InChI is InChI=1S/C9H11FNOPS2/c10-8-2-4-9(5-3-8)15-13(14)11-6-1-7-12-13/h2-5H,1,6-7H2,(H,11,14). The Morgan fingerprint density at radius 3 is 2.73 bits per heavy atom. The summed E-state index contributed by atoms with van der Waals surface area (Å²) in [5.41, 5.74) is -1.97. The van der Waals surface area contributed by atoms with Crippen LogP contribution >= 0.6 is 17.0 Å². The second-order valence-corrected chi connectivity index (χ2v) is 9.69. The van der Waals surface area contributed by atoms with Crippen molar-refractivity contribution in [2.75, 3.05) is 13.2 Å². The zero-order chi connectivity index (χ0) is 10.7. The van der Waals surface area contributed by atoms with Crippen LogP contribution in [0.3, 0.4) is 0 Å². The molecule has 1 heterocycles. The Balaban J connectivity index is 2.07. The molecule has 1 aromatic rings. The smallest absolute Gasteiger partial charge is 0.190 e. The second kappa shape index (κ2) is 4.93. The van der Waals surface area contributed by atoms with E-state index in [0.29, 0.717) is 0 Å². The maximum atomic E-state index is 12.7. The Morgan fingerprint density at radius 1 is 1.40 bits per heavy atom. The molecular formula is C9H11FNOPS2. The van der Waals surface area contributed by atoms with E-state index in [-0.39, 0.29) is 5.82 Å². The quantitative estimate of drug-likeness (QED) is 0.827. The predicted octanol–water partition coefficient (Wildman–Crippen LogP) is 3.15. The van der Waals surface area contributed by atoms with Crippen LogP contribution in [0.4, 0.5) is 4.39 Å². The number of halogens is 1. The molecule has 0 saturated carbocycles. The first-order valence-corrected chi connectivity index (χ1v) is 8.77. The first-order valence-electron chi connectivity index (χ1n) is 4.63. The molecule has 15 heavy (non-hydrogen) atoms. The SMILES string of the molecule is Fc1ccc(SP2(=S)NCCCO2)cc1. The predicted molar refractivity (Wildman–Crippen MR) is 65.1 cm³/mol. The van der Waals surface area contributed by atoms with Gasteiger partial charge in [-0.1, -0.05) is 0 Å². The number of benzene rings is 1. The van der Waals surface area contributed by atoms with Crippen LogP contribution in [0.2, 0.25) is 0 Å². The average Bonchev–Trinajstić information content (AvgIpc) is 2.22. The van der Waals surface area contributed by atoms with Crippen molar-refractivity contribution in [3.05, 3.63) is 30.1 Å². The molecule has 0 radical (unpaired) electrons. The molecule has 2 rings (SSSR count). The fourth-order valence-corrected chi connectivity index (χ4v) is 6.08. The maximum absolute atomic E-state index is 12.7. The summed E-state index contributed by atoms with van der Waals surface area (Å²) in [5, 5.41) is 3.23. The van der Waals surface area contributed by atoms with Gasteiger partial charge < -0.3 is 4.52 Å². The molecule has 1 aromatic carbocycles. The minimum Gasteiger partial charge on any atom is -0.330 e. The fraction of sp³-hybridized carbons (Fsp3) is 0.333. The lowest BCUT2D eigenvalue weighted by atomic mass is 10.4. The number of nitrogens with one attached hydrogen (secondary N) is 1. The fourth-order valence-electron chi connectivity index (χ4n) is 1.21. The van der Waals surface area contributed by atoms with E-state index in [1.165, 1.54) is 23.5 Å². The Kier molecular flexibility index (Phi) is 3.80. The third-order valence-electron chi connectivity index (χ3n) is 1.93. The minimum atomic E-state index is -1.97. The van der Waals surface area contributed by atoms with Crippen LogP contribution in [-0.4, -0.2) is 13.2 Å². The Morgan fingerprint density at radius 2 is 2.13 bits per heavy atom. The Bertz CT molecular complexity index is 374. The summed E-state index contributed by atoms with van der Waals surface area (Å²) >= 11 is 6.92. The van der Waals surface area contributed by atoms with Crippen LogP contribution in [-0.2, 0) is 16.3 Å². The first kappa shape index (κ1) is 11.6. The van der Waals surface area contributed by atoms with Crippen molar-refractivity contribution in [3.8, 4) is 0 Å². The summed E-state index contributed by atoms with van der Waals surface area (Å²) < 4.78 is 18.3. The molecule has 0 bridgehead atoms. The number of hydrogen-bond acceptors (Lipinski definition) is 3. The zero-order valence-electron chi connectivity index (χ0n) is 7.98. The molecule has 6 heteroatoms. The van der Waals surface area contributed by atoms with Crippen molar-refractivity contribution >= 4 is 28.8 Å². The van der Waals surface area contributed by atoms with E-state index in [9.17, 15) is 4.39 Å². The average molecular weight is 263 g/mol. The highest BCUT2D eigenvalue weighted by atomic mass is 32.9. The molecule has 0 amide bonds. The van der Waals surface area contributed by atoms with Crippen molar-refractivity contribution in [1.82, 2.24) is 5.09 Å². The Hall–Kier alpha value is 0.0700. The molecule has 2 nitrogen and oxygen atoms in total. The summed E-state index contributed by atoms with van der Waals surface area (Å²) in [5.74, 6) is -0.228. The second-order valence-electron chi connectivity index (χ2n) is 3.14. The van der Waals surface area contributed by atoms with Crippen LogP contribution in [0.5, 0.6) is 0 Å². The van der Waals surface area contributed by atoms with Gasteiger partial charge in [0.15, 0.2) is 5.62 Å². The van der Waals surface area contributed by atoms with Crippen LogP contribution in [0.25, 0.3) is 0 Å². The third-order valence-corrected chi connectivity index (χ3v) is 7.22. The van der Waals surface area contributed by atoms with Gasteiger partial charge in [0.2, 0.25) is 0 Å². The van der Waals surface area contributed by atoms with E-state index < -0.39 is 5.62 Å². The first-order chi connectivity index (χ1) is 7.18. The van der Waals surface area contributed by atoms with Gasteiger partial charge in [0.1, 0.15) is 5.82 Å². The van der Waals surface area contributed by atoms with Gasteiger partial charge in [-0.3, -0.25) is 5.09 Å². The summed E-state index contributed by atoms with van der Waals surface area (Å²) in [6, 6.07) is 6.34. The third kappa shape index (κ3) is 3.26. The Labute approximate surface area is 97.5 Å². The van der Waals surface area contributed by atoms with E-state index in [1.807, 2.05) is 0 Å². The van der Waals surface area contributed by atoms with Crippen molar-refractivity contribution < 1.29 is 8.91 Å². The van der Waals surface area contributed by atoms with Gasteiger partial charge in [0.05, 0.1) is 6.61 Å². The van der Waals surface area contributed by atoms with Gasteiger partial charge in [-0.25, -0.2) is 4.39 Å². The molecule has 1 N–H and O–H groups in total. The van der Waals surface area contributed by atoms with Gasteiger partial charge in [0.25, 0.3) is 0 Å². The molecule has 82 valence electrons. The highest BCUT2D eigenvalue weighted by Crippen LogP contribution is 2.60. The van der Waals surface area contributed by atoms with Gasteiger partial charge >= 0.3 is 0 Å². The van der Waals surface area contributed by atoms with Crippen molar-refractivity contribution in [3.63, 3.8) is 0 Å².